The number of hydrogen-bond acceptors (Lipinski definition) is 7. The van der Waals surface area contributed by atoms with Crippen molar-refractivity contribution in [3.63, 3.8) is 0 Å². The number of carbonyl (C=O) groups is 1. The van der Waals surface area contributed by atoms with E-state index in [1.165, 1.54) is 17.9 Å². The van der Waals surface area contributed by atoms with Gasteiger partial charge in [0.1, 0.15) is 0 Å². The van der Waals surface area contributed by atoms with E-state index in [-0.39, 0.29) is 11.5 Å². The third-order valence-electron chi connectivity index (χ3n) is 5.50. The summed E-state index contributed by atoms with van der Waals surface area (Å²) in [7, 11) is -3.53. The molecule has 0 spiro atoms. The van der Waals surface area contributed by atoms with Gasteiger partial charge in [0.25, 0.3) is 5.91 Å². The fourth-order valence-electron chi connectivity index (χ4n) is 3.67. The molecule has 0 aliphatic carbocycles. The number of aromatic nitrogens is 2. The lowest BCUT2D eigenvalue weighted by Gasteiger charge is -2.31. The van der Waals surface area contributed by atoms with Crippen molar-refractivity contribution < 1.29 is 18.4 Å². The Hall–Kier alpha value is -3.08. The maximum absolute atomic E-state index is 13.1. The summed E-state index contributed by atoms with van der Waals surface area (Å²) in [4.78, 5) is 19.7. The van der Waals surface area contributed by atoms with Crippen molar-refractivity contribution in [3.05, 3.63) is 60.4 Å². The molecular weight excluding hydrogens is 418 g/mol. The minimum absolute atomic E-state index is 0.153. The largest absolute Gasteiger partial charge is 0.354 e. The molecule has 162 valence electrons. The molecule has 0 saturated carbocycles. The molecule has 4 rings (SSSR count). The zero-order valence-corrected chi connectivity index (χ0v) is 17.5. The van der Waals surface area contributed by atoms with Crippen LogP contribution < -0.4 is 10.8 Å². The second-order valence-electron chi connectivity index (χ2n) is 7.47. The van der Waals surface area contributed by atoms with Crippen LogP contribution in [-0.4, -0.2) is 53.4 Å². The number of carbonyl (C=O) groups excluding carboxylic acids is 1. The number of fused-ring (bicyclic) bond motifs is 1. The van der Waals surface area contributed by atoms with Crippen LogP contribution in [0.2, 0.25) is 0 Å². The molecule has 0 radical (unpaired) electrons. The Kier molecular flexibility index (Phi) is 6.12. The van der Waals surface area contributed by atoms with Gasteiger partial charge in [-0.3, -0.25) is 10.0 Å². The third-order valence-corrected chi connectivity index (χ3v) is 7.39. The molecule has 10 heteroatoms. The van der Waals surface area contributed by atoms with Crippen molar-refractivity contribution in [2.75, 3.05) is 25.0 Å². The summed E-state index contributed by atoms with van der Waals surface area (Å²) < 4.78 is 27.7. The number of hydroxylamine groups is 1. The average molecular weight is 442 g/mol. The number of piperidine rings is 1. The molecule has 1 aliphatic heterocycles. The minimum atomic E-state index is -3.53. The standard InChI is InChI=1S/C21H23N5O4S/c27-20(25-28)18-13-23-21(24-14-18)22-12-15-7-9-26(10-8-15)31(29,30)19-6-5-16-3-1-2-4-17(16)11-19/h1-6,11,13-15,28H,7-10,12H2,(H,25,27)(H,22,23,24). The molecule has 1 aliphatic rings. The number of hydrogen-bond donors (Lipinski definition) is 3. The van der Waals surface area contributed by atoms with Crippen LogP contribution in [0.5, 0.6) is 0 Å². The van der Waals surface area contributed by atoms with E-state index in [2.05, 4.69) is 15.3 Å². The topological polar surface area (TPSA) is 125 Å². The van der Waals surface area contributed by atoms with E-state index in [9.17, 15) is 13.2 Å². The highest BCUT2D eigenvalue weighted by atomic mass is 32.2. The van der Waals surface area contributed by atoms with Gasteiger partial charge < -0.3 is 5.32 Å². The molecule has 0 atom stereocenters. The lowest BCUT2D eigenvalue weighted by Crippen LogP contribution is -2.39. The van der Waals surface area contributed by atoms with E-state index in [0.717, 1.165) is 23.6 Å². The van der Waals surface area contributed by atoms with Gasteiger partial charge in [-0.05, 0) is 41.7 Å². The summed E-state index contributed by atoms with van der Waals surface area (Å²) in [5.41, 5.74) is 1.68. The molecule has 2 aromatic carbocycles. The van der Waals surface area contributed by atoms with Crippen LogP contribution in [0.4, 0.5) is 5.95 Å². The second-order valence-corrected chi connectivity index (χ2v) is 9.41. The van der Waals surface area contributed by atoms with Gasteiger partial charge in [0.2, 0.25) is 16.0 Å². The number of anilines is 1. The predicted octanol–water partition coefficient (Wildman–Crippen LogP) is 2.26. The average Bonchev–Trinajstić information content (AvgIpc) is 2.82. The molecule has 3 N–H and O–H groups in total. The quantitative estimate of drug-likeness (QED) is 0.396. The summed E-state index contributed by atoms with van der Waals surface area (Å²) in [6.07, 6.45) is 4.09. The summed E-state index contributed by atoms with van der Waals surface area (Å²) >= 11 is 0. The molecule has 0 unspecified atom stereocenters. The van der Waals surface area contributed by atoms with E-state index in [0.29, 0.717) is 30.5 Å². The Morgan fingerprint density at radius 2 is 1.74 bits per heavy atom. The van der Waals surface area contributed by atoms with Crippen LogP contribution in [0.15, 0.2) is 59.8 Å². The Balaban J connectivity index is 1.34. The highest BCUT2D eigenvalue weighted by Gasteiger charge is 2.29. The van der Waals surface area contributed by atoms with Gasteiger partial charge in [-0.15, -0.1) is 0 Å². The Morgan fingerprint density at radius 3 is 2.42 bits per heavy atom. The number of nitrogens with one attached hydrogen (secondary N) is 2. The molecule has 9 nitrogen and oxygen atoms in total. The van der Waals surface area contributed by atoms with E-state index < -0.39 is 15.9 Å². The van der Waals surface area contributed by atoms with Crippen LogP contribution in [0.1, 0.15) is 23.2 Å². The highest BCUT2D eigenvalue weighted by molar-refractivity contribution is 7.89. The first-order valence-electron chi connectivity index (χ1n) is 9.96. The SMILES string of the molecule is O=C(NO)c1cnc(NCC2CCN(S(=O)(=O)c3ccc4ccccc4c3)CC2)nc1. The van der Waals surface area contributed by atoms with Gasteiger partial charge in [0, 0.05) is 32.0 Å². The third kappa shape index (κ3) is 4.66. The van der Waals surface area contributed by atoms with Crippen molar-refractivity contribution in [1.29, 1.82) is 0 Å². The number of nitrogens with zero attached hydrogens (tertiary/aromatic N) is 3. The molecule has 1 fully saturated rings. The molecule has 1 amide bonds. The van der Waals surface area contributed by atoms with Gasteiger partial charge in [-0.2, -0.15) is 4.31 Å². The van der Waals surface area contributed by atoms with Gasteiger partial charge in [0.15, 0.2) is 0 Å². The summed E-state index contributed by atoms with van der Waals surface area (Å²) in [6, 6.07) is 12.9. The zero-order chi connectivity index (χ0) is 21.8. The summed E-state index contributed by atoms with van der Waals surface area (Å²) in [5, 5.41) is 13.7. The Morgan fingerprint density at radius 1 is 1.06 bits per heavy atom. The number of benzene rings is 2. The summed E-state index contributed by atoms with van der Waals surface area (Å²) in [5.74, 6) is -0.0145. The molecule has 1 aromatic heterocycles. The predicted molar refractivity (Wildman–Crippen MR) is 115 cm³/mol. The number of rotatable bonds is 6. The van der Waals surface area contributed by atoms with Crippen molar-refractivity contribution in [1.82, 2.24) is 19.8 Å². The van der Waals surface area contributed by atoms with Crippen LogP contribution >= 0.6 is 0 Å². The molecule has 0 bridgehead atoms. The van der Waals surface area contributed by atoms with Crippen LogP contribution in [0.25, 0.3) is 10.8 Å². The maximum atomic E-state index is 13.1. The van der Waals surface area contributed by atoms with Gasteiger partial charge in [-0.25, -0.2) is 23.9 Å². The lowest BCUT2D eigenvalue weighted by molar-refractivity contribution is 0.0705. The van der Waals surface area contributed by atoms with E-state index in [1.54, 1.807) is 16.4 Å². The maximum Gasteiger partial charge on any atom is 0.277 e. The van der Waals surface area contributed by atoms with Crippen LogP contribution in [0, 0.1) is 5.92 Å². The van der Waals surface area contributed by atoms with Gasteiger partial charge in [0.05, 0.1) is 10.5 Å². The van der Waals surface area contributed by atoms with Gasteiger partial charge >= 0.3 is 0 Å². The Bertz CT molecular complexity index is 1180. The van der Waals surface area contributed by atoms with Gasteiger partial charge in [-0.1, -0.05) is 30.3 Å². The fourth-order valence-corrected chi connectivity index (χ4v) is 5.17. The highest BCUT2D eigenvalue weighted by Crippen LogP contribution is 2.26. The van der Waals surface area contributed by atoms with Crippen LogP contribution in [-0.2, 0) is 10.0 Å². The number of sulfonamides is 1. The van der Waals surface area contributed by atoms with Crippen molar-refractivity contribution in [2.24, 2.45) is 5.92 Å². The van der Waals surface area contributed by atoms with E-state index in [1.807, 2.05) is 30.3 Å². The monoisotopic (exact) mass is 441 g/mol. The normalized spacial score (nSPS) is 15.6. The smallest absolute Gasteiger partial charge is 0.277 e. The first kappa shape index (κ1) is 21.2. The first-order valence-corrected chi connectivity index (χ1v) is 11.4. The lowest BCUT2D eigenvalue weighted by atomic mass is 9.98. The van der Waals surface area contributed by atoms with Crippen molar-refractivity contribution in [2.45, 2.75) is 17.7 Å². The summed E-state index contributed by atoms with van der Waals surface area (Å²) in [6.45, 7) is 1.52. The molecule has 31 heavy (non-hydrogen) atoms. The molecular formula is C21H23N5O4S. The molecule has 1 saturated heterocycles. The fraction of sp³-hybridized carbons (Fsp3) is 0.286. The zero-order valence-electron chi connectivity index (χ0n) is 16.7. The minimum Gasteiger partial charge on any atom is -0.354 e. The molecule has 3 aromatic rings. The van der Waals surface area contributed by atoms with Crippen molar-refractivity contribution in [3.8, 4) is 0 Å². The van der Waals surface area contributed by atoms with Crippen molar-refractivity contribution >= 4 is 32.7 Å². The van der Waals surface area contributed by atoms with E-state index >= 15 is 0 Å². The van der Waals surface area contributed by atoms with E-state index in [4.69, 9.17) is 5.21 Å². The Labute approximate surface area is 180 Å². The second kappa shape index (κ2) is 8.96. The number of amides is 1. The molecule has 2 heterocycles. The first-order chi connectivity index (χ1) is 15.0. The van der Waals surface area contributed by atoms with Crippen LogP contribution in [0.3, 0.4) is 0 Å².